The van der Waals surface area contributed by atoms with Crippen molar-refractivity contribution >= 4 is 40.6 Å². The largest absolute Gasteiger partial charge is 0.495 e. The van der Waals surface area contributed by atoms with E-state index in [9.17, 15) is 24.5 Å². The molecule has 0 aliphatic carbocycles. The fourth-order valence-electron chi connectivity index (χ4n) is 3.43. The summed E-state index contributed by atoms with van der Waals surface area (Å²) in [6, 6.07) is 12.2. The van der Waals surface area contributed by atoms with Crippen molar-refractivity contribution in [3.8, 4) is 5.75 Å². The number of non-ortho nitro benzene ring substituents is 1. The first-order valence-corrected chi connectivity index (χ1v) is 9.75. The predicted octanol–water partition coefficient (Wildman–Crippen LogP) is 2.49. The predicted molar refractivity (Wildman–Crippen MR) is 119 cm³/mol. The molecule has 1 aromatic heterocycles. The van der Waals surface area contributed by atoms with Crippen LogP contribution < -0.4 is 26.2 Å². The highest BCUT2D eigenvalue weighted by Crippen LogP contribution is 2.31. The molecule has 1 aliphatic rings. The summed E-state index contributed by atoms with van der Waals surface area (Å²) in [5.74, 6) is -1.65. The number of nitro benzene ring substituents is 1. The van der Waals surface area contributed by atoms with Gasteiger partial charge in [-0.2, -0.15) is 4.98 Å². The highest BCUT2D eigenvalue weighted by Gasteiger charge is 2.35. The molecular formula is C21H18N6O6. The molecule has 33 heavy (non-hydrogen) atoms. The number of rotatable bonds is 6. The maximum atomic E-state index is 12.9. The number of amides is 2. The SMILES string of the molecule is COc1ccccc1Nc1nc2c(c(=O)[nH]1)C(C(=O)Nc1ccc([N+](=O)[O-])cc1)CC(=O)N2. The first kappa shape index (κ1) is 21.5. The molecule has 4 N–H and O–H groups in total. The van der Waals surface area contributed by atoms with Crippen molar-refractivity contribution in [1.82, 2.24) is 9.97 Å². The van der Waals surface area contributed by atoms with Crippen molar-refractivity contribution in [2.24, 2.45) is 0 Å². The fraction of sp³-hybridized carbons (Fsp3) is 0.143. The van der Waals surface area contributed by atoms with Crippen molar-refractivity contribution in [2.75, 3.05) is 23.1 Å². The van der Waals surface area contributed by atoms with Crippen LogP contribution in [-0.2, 0) is 9.59 Å². The monoisotopic (exact) mass is 450 g/mol. The first-order valence-electron chi connectivity index (χ1n) is 9.75. The normalized spacial score (nSPS) is 14.6. The molecule has 1 unspecified atom stereocenters. The lowest BCUT2D eigenvalue weighted by Gasteiger charge is -2.23. The average Bonchev–Trinajstić information content (AvgIpc) is 2.79. The van der Waals surface area contributed by atoms with Crippen LogP contribution in [0.1, 0.15) is 17.9 Å². The van der Waals surface area contributed by atoms with E-state index in [-0.39, 0.29) is 35.1 Å². The van der Waals surface area contributed by atoms with Crippen molar-refractivity contribution in [1.29, 1.82) is 0 Å². The highest BCUT2D eigenvalue weighted by atomic mass is 16.6. The molecule has 0 bridgehead atoms. The maximum Gasteiger partial charge on any atom is 0.269 e. The van der Waals surface area contributed by atoms with Gasteiger partial charge in [-0.15, -0.1) is 0 Å². The Hall–Kier alpha value is -4.74. The molecule has 0 spiro atoms. The van der Waals surface area contributed by atoms with Gasteiger partial charge >= 0.3 is 0 Å². The minimum atomic E-state index is -1.10. The fourth-order valence-corrected chi connectivity index (χ4v) is 3.43. The summed E-state index contributed by atoms with van der Waals surface area (Å²) >= 11 is 0. The van der Waals surface area contributed by atoms with Gasteiger partial charge in [-0.25, -0.2) is 0 Å². The number of fused-ring (bicyclic) bond motifs is 1. The molecule has 1 atom stereocenters. The van der Waals surface area contributed by atoms with E-state index in [1.807, 2.05) is 0 Å². The van der Waals surface area contributed by atoms with Gasteiger partial charge in [0.2, 0.25) is 17.8 Å². The Balaban J connectivity index is 1.61. The van der Waals surface area contributed by atoms with Crippen molar-refractivity contribution < 1.29 is 19.2 Å². The van der Waals surface area contributed by atoms with Crippen LogP contribution in [0, 0.1) is 10.1 Å². The Morgan fingerprint density at radius 1 is 1.18 bits per heavy atom. The minimum absolute atomic E-state index is 0.0135. The molecule has 3 aromatic rings. The molecule has 12 heteroatoms. The van der Waals surface area contributed by atoms with Crippen molar-refractivity contribution in [3.63, 3.8) is 0 Å². The van der Waals surface area contributed by atoms with Crippen LogP contribution in [-0.4, -0.2) is 33.8 Å². The van der Waals surface area contributed by atoms with Crippen LogP contribution in [0.2, 0.25) is 0 Å². The van der Waals surface area contributed by atoms with Gasteiger partial charge in [0.15, 0.2) is 0 Å². The minimum Gasteiger partial charge on any atom is -0.495 e. The third-order valence-electron chi connectivity index (χ3n) is 4.97. The number of carbonyl (C=O) groups is 2. The quantitative estimate of drug-likeness (QED) is 0.328. The summed E-state index contributed by atoms with van der Waals surface area (Å²) in [4.78, 5) is 55.0. The van der Waals surface area contributed by atoms with E-state index in [2.05, 4.69) is 25.9 Å². The number of nitrogens with one attached hydrogen (secondary N) is 4. The molecule has 12 nitrogen and oxygen atoms in total. The Morgan fingerprint density at radius 3 is 2.61 bits per heavy atom. The van der Waals surface area contributed by atoms with Crippen LogP contribution in [0.3, 0.4) is 0 Å². The van der Waals surface area contributed by atoms with Crippen LogP contribution in [0.25, 0.3) is 0 Å². The van der Waals surface area contributed by atoms with E-state index in [0.717, 1.165) is 0 Å². The number of ether oxygens (including phenoxy) is 1. The molecule has 2 heterocycles. The molecule has 168 valence electrons. The molecule has 0 fully saturated rings. The third-order valence-corrected chi connectivity index (χ3v) is 4.97. The van der Waals surface area contributed by atoms with Crippen molar-refractivity contribution in [3.05, 3.63) is 74.6 Å². The molecule has 4 rings (SSSR count). The third kappa shape index (κ3) is 4.49. The zero-order valence-electron chi connectivity index (χ0n) is 17.2. The summed E-state index contributed by atoms with van der Waals surface area (Å²) in [5.41, 5.74) is 0.113. The second-order valence-electron chi connectivity index (χ2n) is 7.10. The number of benzene rings is 2. The maximum absolute atomic E-state index is 12.9. The number of aromatic nitrogens is 2. The summed E-state index contributed by atoms with van der Waals surface area (Å²) < 4.78 is 5.26. The van der Waals surface area contributed by atoms with Gasteiger partial charge in [-0.05, 0) is 24.3 Å². The van der Waals surface area contributed by atoms with E-state index in [1.165, 1.54) is 31.4 Å². The standard InChI is InChI=1S/C21H18N6O6/c1-33-15-5-3-2-4-14(15)23-21-25-18-17(20(30)26-21)13(10-16(28)24-18)19(29)22-11-6-8-12(9-7-11)27(31)32/h2-9,13H,10H2,1H3,(H,22,29)(H3,23,24,25,26,28,30). The lowest BCUT2D eigenvalue weighted by atomic mass is 9.92. The number of nitrogens with zero attached hydrogens (tertiary/aromatic N) is 2. The molecular weight excluding hydrogens is 432 g/mol. The number of hydrogen-bond acceptors (Lipinski definition) is 8. The van der Waals surface area contributed by atoms with E-state index in [0.29, 0.717) is 11.4 Å². The van der Waals surface area contributed by atoms with Crippen LogP contribution in [0.15, 0.2) is 53.3 Å². The Bertz CT molecular complexity index is 1300. The number of H-pyrrole nitrogens is 1. The first-order chi connectivity index (χ1) is 15.9. The van der Waals surface area contributed by atoms with Gasteiger partial charge in [0, 0.05) is 24.2 Å². The zero-order chi connectivity index (χ0) is 23.5. The van der Waals surface area contributed by atoms with Crippen LogP contribution >= 0.6 is 0 Å². The van der Waals surface area contributed by atoms with E-state index < -0.39 is 28.2 Å². The van der Waals surface area contributed by atoms with E-state index >= 15 is 0 Å². The topological polar surface area (TPSA) is 168 Å². The molecule has 2 aromatic carbocycles. The molecule has 0 radical (unpaired) electrons. The summed E-state index contributed by atoms with van der Waals surface area (Å²) in [5, 5.41) is 18.8. The summed E-state index contributed by atoms with van der Waals surface area (Å²) in [6.07, 6.45) is -0.254. The number of hydrogen-bond donors (Lipinski definition) is 4. The van der Waals surface area contributed by atoms with Gasteiger partial charge in [-0.3, -0.25) is 29.5 Å². The Kier molecular flexibility index (Phi) is 5.72. The summed E-state index contributed by atoms with van der Waals surface area (Å²) in [6.45, 7) is 0. The van der Waals surface area contributed by atoms with Crippen LogP contribution in [0.5, 0.6) is 5.75 Å². The number of anilines is 4. The zero-order valence-corrected chi connectivity index (χ0v) is 17.2. The number of methoxy groups -OCH3 is 1. The van der Waals surface area contributed by atoms with Gasteiger partial charge in [0.1, 0.15) is 11.6 Å². The molecule has 0 saturated carbocycles. The molecule has 1 aliphatic heterocycles. The second kappa shape index (κ2) is 8.78. The van der Waals surface area contributed by atoms with Gasteiger partial charge in [-0.1, -0.05) is 12.1 Å². The second-order valence-corrected chi connectivity index (χ2v) is 7.10. The smallest absolute Gasteiger partial charge is 0.269 e. The lowest BCUT2D eigenvalue weighted by molar-refractivity contribution is -0.384. The number of nitro groups is 1. The Morgan fingerprint density at radius 2 is 1.91 bits per heavy atom. The van der Waals surface area contributed by atoms with Gasteiger partial charge in [0.05, 0.1) is 29.2 Å². The number of carbonyl (C=O) groups excluding carboxylic acids is 2. The lowest BCUT2D eigenvalue weighted by Crippen LogP contribution is -2.36. The average molecular weight is 450 g/mol. The van der Waals surface area contributed by atoms with Gasteiger partial charge < -0.3 is 20.7 Å². The van der Waals surface area contributed by atoms with Crippen molar-refractivity contribution in [2.45, 2.75) is 12.3 Å². The highest BCUT2D eigenvalue weighted by molar-refractivity contribution is 6.04. The number of para-hydroxylation sites is 2. The summed E-state index contributed by atoms with van der Waals surface area (Å²) in [7, 11) is 1.50. The Labute approximate surface area is 186 Å². The van der Waals surface area contributed by atoms with Gasteiger partial charge in [0.25, 0.3) is 11.2 Å². The number of aromatic amines is 1. The van der Waals surface area contributed by atoms with E-state index in [1.54, 1.807) is 24.3 Å². The van der Waals surface area contributed by atoms with Crippen LogP contribution in [0.4, 0.5) is 28.8 Å². The van der Waals surface area contributed by atoms with E-state index in [4.69, 9.17) is 4.74 Å². The molecule has 2 amide bonds. The molecule has 0 saturated heterocycles.